The van der Waals surface area contributed by atoms with Gasteiger partial charge in [-0.1, -0.05) is 30.1 Å². The van der Waals surface area contributed by atoms with Crippen molar-refractivity contribution in [3.63, 3.8) is 0 Å². The topological polar surface area (TPSA) is 0 Å². The SMILES string of the molecule is CCS/C(Cl)=C\Cl. The smallest absolute Gasteiger partial charge is 0.0847 e. The molecule has 7 heavy (non-hydrogen) atoms. The first-order valence-electron chi connectivity index (χ1n) is 1.90. The Kier molecular flexibility index (Phi) is 5.28. The Balaban J connectivity index is 3.17. The first-order chi connectivity index (χ1) is 3.31. The molecule has 0 aromatic carbocycles. The van der Waals surface area contributed by atoms with E-state index in [-0.39, 0.29) is 0 Å². The molecule has 0 aromatic rings. The van der Waals surface area contributed by atoms with Crippen LogP contribution in [0.5, 0.6) is 0 Å². The van der Waals surface area contributed by atoms with E-state index in [1.807, 2.05) is 6.92 Å². The Morgan fingerprint density at radius 2 is 2.43 bits per heavy atom. The molecule has 0 aromatic heterocycles. The molecule has 3 heteroatoms. The minimum atomic E-state index is 0.657. The van der Waals surface area contributed by atoms with E-state index >= 15 is 0 Å². The quantitative estimate of drug-likeness (QED) is 0.593. The lowest BCUT2D eigenvalue weighted by molar-refractivity contribution is 1.53. The molecule has 0 fully saturated rings. The van der Waals surface area contributed by atoms with Gasteiger partial charge in [0.05, 0.1) is 4.36 Å². The van der Waals surface area contributed by atoms with Gasteiger partial charge in [0.1, 0.15) is 0 Å². The van der Waals surface area contributed by atoms with Crippen molar-refractivity contribution in [1.29, 1.82) is 0 Å². The van der Waals surface area contributed by atoms with Crippen LogP contribution < -0.4 is 0 Å². The molecule has 0 heterocycles. The van der Waals surface area contributed by atoms with Gasteiger partial charge in [-0.2, -0.15) is 0 Å². The van der Waals surface area contributed by atoms with Crippen molar-refractivity contribution >= 4 is 35.0 Å². The van der Waals surface area contributed by atoms with Gasteiger partial charge >= 0.3 is 0 Å². The van der Waals surface area contributed by atoms with Crippen LogP contribution in [-0.4, -0.2) is 5.75 Å². The van der Waals surface area contributed by atoms with E-state index in [1.165, 1.54) is 17.3 Å². The molecule has 0 radical (unpaired) electrons. The number of halogens is 2. The predicted molar refractivity (Wildman–Crippen MR) is 37.9 cm³/mol. The molecule has 0 unspecified atom stereocenters. The van der Waals surface area contributed by atoms with Crippen LogP contribution in [0.15, 0.2) is 9.90 Å². The van der Waals surface area contributed by atoms with Crippen molar-refractivity contribution in [1.82, 2.24) is 0 Å². The Bertz CT molecular complexity index is 70.1. The fourth-order valence-corrected chi connectivity index (χ4v) is 1.02. The largest absolute Gasteiger partial charge is 0.113 e. The van der Waals surface area contributed by atoms with E-state index in [0.29, 0.717) is 4.36 Å². The average Bonchev–Trinajstić information content (AvgIpc) is 1.68. The highest BCUT2D eigenvalue weighted by atomic mass is 35.5. The second-order valence-corrected chi connectivity index (χ2v) is 3.00. The summed E-state index contributed by atoms with van der Waals surface area (Å²) in [5.41, 5.74) is 1.37. The summed E-state index contributed by atoms with van der Waals surface area (Å²) < 4.78 is 0.657. The first kappa shape index (κ1) is 7.67. The molecular weight excluding hydrogens is 151 g/mol. The highest BCUT2D eigenvalue weighted by Gasteiger charge is 1.84. The van der Waals surface area contributed by atoms with Crippen molar-refractivity contribution < 1.29 is 0 Å². The lowest BCUT2D eigenvalue weighted by Crippen LogP contribution is -1.61. The lowest BCUT2D eigenvalue weighted by atomic mass is 11.0. The molecule has 0 atom stereocenters. The van der Waals surface area contributed by atoms with Crippen LogP contribution in [0.25, 0.3) is 0 Å². The number of thioether (sulfide) groups is 1. The molecule has 0 bridgehead atoms. The molecule has 0 amide bonds. The summed E-state index contributed by atoms with van der Waals surface area (Å²) in [4.78, 5) is 0. The van der Waals surface area contributed by atoms with Crippen LogP contribution in [-0.2, 0) is 0 Å². The minimum Gasteiger partial charge on any atom is -0.113 e. The third kappa shape index (κ3) is 4.52. The molecule has 0 aliphatic heterocycles. The summed E-state index contributed by atoms with van der Waals surface area (Å²) in [6, 6.07) is 0. The third-order valence-electron chi connectivity index (χ3n) is 0.368. The molecule has 0 spiro atoms. The van der Waals surface area contributed by atoms with Crippen molar-refractivity contribution in [3.8, 4) is 0 Å². The summed E-state index contributed by atoms with van der Waals surface area (Å²) >= 11 is 12.2. The summed E-state index contributed by atoms with van der Waals surface area (Å²) in [6.45, 7) is 2.02. The van der Waals surface area contributed by atoms with Gasteiger partial charge < -0.3 is 0 Å². The van der Waals surface area contributed by atoms with E-state index in [9.17, 15) is 0 Å². The fourth-order valence-electron chi connectivity index (χ4n) is 0.169. The van der Waals surface area contributed by atoms with Crippen LogP contribution in [0.3, 0.4) is 0 Å². The average molecular weight is 157 g/mol. The van der Waals surface area contributed by atoms with Gasteiger partial charge in [0, 0.05) is 5.54 Å². The summed E-state index contributed by atoms with van der Waals surface area (Å²) in [7, 11) is 0. The second kappa shape index (κ2) is 4.82. The maximum absolute atomic E-state index is 5.46. The number of rotatable bonds is 2. The van der Waals surface area contributed by atoms with Crippen LogP contribution in [0.2, 0.25) is 0 Å². The molecule has 0 saturated carbocycles. The van der Waals surface area contributed by atoms with Crippen LogP contribution in [0.4, 0.5) is 0 Å². The molecule has 0 saturated heterocycles. The van der Waals surface area contributed by atoms with E-state index in [2.05, 4.69) is 0 Å². The van der Waals surface area contributed by atoms with Crippen LogP contribution >= 0.6 is 35.0 Å². The molecule has 0 nitrogen and oxygen atoms in total. The van der Waals surface area contributed by atoms with E-state index in [4.69, 9.17) is 23.2 Å². The lowest BCUT2D eigenvalue weighted by Gasteiger charge is -1.86. The maximum Gasteiger partial charge on any atom is 0.0847 e. The zero-order valence-electron chi connectivity index (χ0n) is 3.95. The summed E-state index contributed by atoms with van der Waals surface area (Å²) in [5.74, 6) is 0.974. The third-order valence-corrected chi connectivity index (χ3v) is 1.95. The van der Waals surface area contributed by atoms with Crippen molar-refractivity contribution in [3.05, 3.63) is 9.90 Å². The van der Waals surface area contributed by atoms with Gasteiger partial charge in [-0.05, 0) is 5.75 Å². The standard InChI is InChI=1S/C4H6Cl2S/c1-2-7-4(6)3-5/h3H,2H2,1H3/b4-3-. The Morgan fingerprint density at radius 1 is 1.86 bits per heavy atom. The van der Waals surface area contributed by atoms with Crippen molar-refractivity contribution in [2.45, 2.75) is 6.92 Å². The normalized spacial score (nSPS) is 12.1. The number of hydrogen-bond acceptors (Lipinski definition) is 1. The highest BCUT2D eigenvalue weighted by molar-refractivity contribution is 8.04. The Hall–Kier alpha value is 0.670. The first-order valence-corrected chi connectivity index (χ1v) is 3.70. The molecule has 0 aliphatic rings. The zero-order chi connectivity index (χ0) is 5.70. The van der Waals surface area contributed by atoms with Gasteiger partial charge in [0.15, 0.2) is 0 Å². The summed E-state index contributed by atoms with van der Waals surface area (Å²) in [6.07, 6.45) is 0. The van der Waals surface area contributed by atoms with Gasteiger partial charge in [-0.15, -0.1) is 11.8 Å². The highest BCUT2D eigenvalue weighted by Crippen LogP contribution is 2.19. The van der Waals surface area contributed by atoms with E-state index < -0.39 is 0 Å². The van der Waals surface area contributed by atoms with Gasteiger partial charge in [-0.3, -0.25) is 0 Å². The summed E-state index contributed by atoms with van der Waals surface area (Å²) in [5, 5.41) is 0. The zero-order valence-corrected chi connectivity index (χ0v) is 6.28. The molecule has 0 N–H and O–H groups in total. The molecule has 42 valence electrons. The molecule has 0 aliphatic carbocycles. The Morgan fingerprint density at radius 3 is 2.57 bits per heavy atom. The van der Waals surface area contributed by atoms with E-state index in [1.54, 1.807) is 0 Å². The van der Waals surface area contributed by atoms with Gasteiger partial charge in [-0.25, -0.2) is 0 Å². The second-order valence-electron chi connectivity index (χ2n) is 0.846. The maximum atomic E-state index is 5.46. The minimum absolute atomic E-state index is 0.657. The molecule has 0 rings (SSSR count). The van der Waals surface area contributed by atoms with Gasteiger partial charge in [0.25, 0.3) is 0 Å². The van der Waals surface area contributed by atoms with Gasteiger partial charge in [0.2, 0.25) is 0 Å². The molecular formula is C4H6Cl2S. The number of hydrogen-bond donors (Lipinski definition) is 0. The van der Waals surface area contributed by atoms with Crippen molar-refractivity contribution in [2.24, 2.45) is 0 Å². The predicted octanol–water partition coefficient (Wildman–Crippen LogP) is 3.02. The Labute approximate surface area is 57.9 Å². The monoisotopic (exact) mass is 156 g/mol. The fraction of sp³-hybridized carbons (Fsp3) is 0.500. The van der Waals surface area contributed by atoms with Crippen molar-refractivity contribution in [2.75, 3.05) is 5.75 Å². The van der Waals surface area contributed by atoms with Crippen LogP contribution in [0, 0.1) is 0 Å². The van der Waals surface area contributed by atoms with E-state index in [0.717, 1.165) is 5.75 Å². The van der Waals surface area contributed by atoms with Crippen LogP contribution in [0.1, 0.15) is 6.92 Å².